The molecule has 1 amide bonds. The zero-order chi connectivity index (χ0) is 15.9. The van der Waals surface area contributed by atoms with Crippen LogP contribution in [0, 0.1) is 11.8 Å². The van der Waals surface area contributed by atoms with Crippen LogP contribution < -0.4 is 10.1 Å². The van der Waals surface area contributed by atoms with E-state index >= 15 is 0 Å². The van der Waals surface area contributed by atoms with E-state index in [9.17, 15) is 13.2 Å². The van der Waals surface area contributed by atoms with Crippen molar-refractivity contribution in [2.24, 2.45) is 0 Å². The second kappa shape index (κ2) is 7.67. The van der Waals surface area contributed by atoms with Gasteiger partial charge in [0.2, 0.25) is 0 Å². The van der Waals surface area contributed by atoms with Gasteiger partial charge in [0.1, 0.15) is 22.2 Å². The maximum Gasteiger partial charge on any atom is 0.251 e. The normalized spacial score (nSPS) is 10.4. The molecule has 7 heteroatoms. The molecule has 0 unspecified atom stereocenters. The maximum atomic E-state index is 11.9. The molecule has 0 aliphatic heterocycles. The van der Waals surface area contributed by atoms with Crippen molar-refractivity contribution in [1.82, 2.24) is 5.32 Å². The van der Waals surface area contributed by atoms with Crippen LogP contribution in [0.25, 0.3) is 0 Å². The third kappa shape index (κ3) is 5.85. The molecule has 0 bridgehead atoms. The van der Waals surface area contributed by atoms with E-state index < -0.39 is 15.7 Å². The molecule has 1 rings (SSSR count). The van der Waals surface area contributed by atoms with Gasteiger partial charge in [0.05, 0.1) is 18.4 Å². The second-order valence-electron chi connectivity index (χ2n) is 4.26. The number of amides is 1. The number of ether oxygens (including phenoxy) is 1. The van der Waals surface area contributed by atoms with Crippen LogP contribution in [0.15, 0.2) is 18.2 Å². The van der Waals surface area contributed by atoms with E-state index in [1.807, 2.05) is 0 Å². The standard InChI is InChI=1S/C14H17NO5S/c1-20-13-6-5-12(10-11(13)4-3-8-16)14(17)15-7-9-21(2,18)19/h5-6,10,16H,7-9H2,1-2H3,(H,15,17). The molecule has 1 aromatic carbocycles. The van der Waals surface area contributed by atoms with Gasteiger partial charge in [-0.25, -0.2) is 8.42 Å². The molecule has 0 aliphatic rings. The molecule has 0 aliphatic carbocycles. The van der Waals surface area contributed by atoms with Crippen molar-refractivity contribution >= 4 is 15.7 Å². The topological polar surface area (TPSA) is 92.7 Å². The number of aliphatic hydroxyl groups excluding tert-OH is 1. The summed E-state index contributed by atoms with van der Waals surface area (Å²) in [4.78, 5) is 11.9. The highest BCUT2D eigenvalue weighted by Crippen LogP contribution is 2.18. The number of nitrogens with one attached hydrogen (secondary N) is 1. The fourth-order valence-corrected chi connectivity index (χ4v) is 2.01. The van der Waals surface area contributed by atoms with Gasteiger partial charge in [-0.3, -0.25) is 4.79 Å². The molecule has 0 saturated heterocycles. The first-order valence-corrected chi connectivity index (χ1v) is 8.17. The van der Waals surface area contributed by atoms with Crippen LogP contribution in [0.4, 0.5) is 0 Å². The van der Waals surface area contributed by atoms with Crippen LogP contribution in [0.1, 0.15) is 15.9 Å². The minimum absolute atomic E-state index is 0.0430. The molecule has 0 radical (unpaired) electrons. The Morgan fingerprint density at radius 2 is 2.14 bits per heavy atom. The monoisotopic (exact) mass is 311 g/mol. The smallest absolute Gasteiger partial charge is 0.251 e. The van der Waals surface area contributed by atoms with Crippen LogP contribution >= 0.6 is 0 Å². The lowest BCUT2D eigenvalue weighted by Crippen LogP contribution is -2.28. The van der Waals surface area contributed by atoms with Gasteiger partial charge in [-0.05, 0) is 18.2 Å². The summed E-state index contributed by atoms with van der Waals surface area (Å²) in [7, 11) is -1.64. The molecule has 6 nitrogen and oxygen atoms in total. The van der Waals surface area contributed by atoms with E-state index in [4.69, 9.17) is 9.84 Å². The SMILES string of the molecule is COc1ccc(C(=O)NCCS(C)(=O)=O)cc1C#CCO. The first-order chi connectivity index (χ1) is 9.87. The number of hydrogen-bond donors (Lipinski definition) is 2. The first kappa shape index (κ1) is 17.0. The van der Waals surface area contributed by atoms with Gasteiger partial charge < -0.3 is 15.2 Å². The van der Waals surface area contributed by atoms with Gasteiger partial charge in [0.25, 0.3) is 5.91 Å². The number of methoxy groups -OCH3 is 1. The van der Waals surface area contributed by atoms with Gasteiger partial charge in [-0.1, -0.05) is 11.8 Å². The molecule has 0 atom stereocenters. The van der Waals surface area contributed by atoms with Gasteiger partial charge in [0.15, 0.2) is 0 Å². The van der Waals surface area contributed by atoms with Crippen molar-refractivity contribution in [3.8, 4) is 17.6 Å². The van der Waals surface area contributed by atoms with E-state index in [0.717, 1.165) is 6.26 Å². The number of carbonyl (C=O) groups excluding carboxylic acids is 1. The van der Waals surface area contributed by atoms with Crippen molar-refractivity contribution in [2.45, 2.75) is 0 Å². The quantitative estimate of drug-likeness (QED) is 0.736. The lowest BCUT2D eigenvalue weighted by molar-refractivity contribution is 0.0956. The number of rotatable bonds is 5. The zero-order valence-corrected chi connectivity index (χ0v) is 12.7. The van der Waals surface area contributed by atoms with E-state index in [2.05, 4.69) is 17.2 Å². The van der Waals surface area contributed by atoms with Crippen molar-refractivity contribution in [3.63, 3.8) is 0 Å². The predicted molar refractivity (Wildman–Crippen MR) is 79.0 cm³/mol. The summed E-state index contributed by atoms with van der Waals surface area (Å²) in [5.41, 5.74) is 0.814. The average Bonchev–Trinajstić information content (AvgIpc) is 2.43. The highest BCUT2D eigenvalue weighted by molar-refractivity contribution is 7.90. The highest BCUT2D eigenvalue weighted by Gasteiger charge is 2.10. The molecule has 2 N–H and O–H groups in total. The predicted octanol–water partition coefficient (Wildman–Crippen LogP) is -0.187. The third-order valence-corrected chi connectivity index (χ3v) is 3.47. The Labute approximate surface area is 124 Å². The van der Waals surface area contributed by atoms with Crippen LogP contribution in [-0.4, -0.2) is 51.7 Å². The minimum Gasteiger partial charge on any atom is -0.495 e. The number of sulfone groups is 1. The molecular formula is C14H17NO5S. The lowest BCUT2D eigenvalue weighted by Gasteiger charge is -2.07. The molecule has 0 spiro atoms. The Hall–Kier alpha value is -2.04. The maximum absolute atomic E-state index is 11.9. The second-order valence-corrected chi connectivity index (χ2v) is 6.52. The van der Waals surface area contributed by atoms with E-state index in [0.29, 0.717) is 16.9 Å². The van der Waals surface area contributed by atoms with Crippen LogP contribution in [-0.2, 0) is 9.84 Å². The van der Waals surface area contributed by atoms with E-state index in [1.165, 1.54) is 13.2 Å². The minimum atomic E-state index is -3.12. The van der Waals surface area contributed by atoms with Gasteiger partial charge in [0, 0.05) is 18.4 Å². The van der Waals surface area contributed by atoms with Gasteiger partial charge in [-0.15, -0.1) is 0 Å². The average molecular weight is 311 g/mol. The van der Waals surface area contributed by atoms with Crippen LogP contribution in [0.2, 0.25) is 0 Å². The van der Waals surface area contributed by atoms with Crippen LogP contribution in [0.5, 0.6) is 5.75 Å². The Bertz CT molecular complexity index is 670. The summed E-state index contributed by atoms with van der Waals surface area (Å²) in [6.45, 7) is -0.255. The fraction of sp³-hybridized carbons (Fsp3) is 0.357. The van der Waals surface area contributed by atoms with Crippen molar-refractivity contribution in [1.29, 1.82) is 0 Å². The number of benzene rings is 1. The Morgan fingerprint density at radius 3 is 2.71 bits per heavy atom. The summed E-state index contributed by atoms with van der Waals surface area (Å²) >= 11 is 0. The largest absolute Gasteiger partial charge is 0.495 e. The Morgan fingerprint density at radius 1 is 1.43 bits per heavy atom. The van der Waals surface area contributed by atoms with Gasteiger partial charge >= 0.3 is 0 Å². The highest BCUT2D eigenvalue weighted by atomic mass is 32.2. The first-order valence-electron chi connectivity index (χ1n) is 6.11. The molecule has 21 heavy (non-hydrogen) atoms. The molecular weight excluding hydrogens is 294 g/mol. The number of carbonyl (C=O) groups is 1. The molecule has 0 aromatic heterocycles. The van der Waals surface area contributed by atoms with Crippen LogP contribution in [0.3, 0.4) is 0 Å². The Balaban J connectivity index is 2.85. The molecule has 0 saturated carbocycles. The van der Waals surface area contributed by atoms with Gasteiger partial charge in [-0.2, -0.15) is 0 Å². The summed E-state index contributed by atoms with van der Waals surface area (Å²) in [6, 6.07) is 4.67. The summed E-state index contributed by atoms with van der Waals surface area (Å²) in [5.74, 6) is 5.15. The molecule has 0 heterocycles. The van der Waals surface area contributed by atoms with Crippen molar-refractivity contribution < 1.29 is 23.1 Å². The number of aliphatic hydroxyl groups is 1. The van der Waals surface area contributed by atoms with E-state index in [1.54, 1.807) is 12.1 Å². The summed E-state index contributed by atoms with van der Waals surface area (Å²) in [5, 5.41) is 11.2. The zero-order valence-electron chi connectivity index (χ0n) is 11.8. The number of hydrogen-bond acceptors (Lipinski definition) is 5. The lowest BCUT2D eigenvalue weighted by atomic mass is 10.1. The fourth-order valence-electron chi connectivity index (χ4n) is 1.53. The summed E-state index contributed by atoms with van der Waals surface area (Å²) in [6.07, 6.45) is 1.11. The molecule has 0 fully saturated rings. The van der Waals surface area contributed by atoms with E-state index in [-0.39, 0.29) is 18.9 Å². The van der Waals surface area contributed by atoms with Crippen molar-refractivity contribution in [3.05, 3.63) is 29.3 Å². The molecule has 1 aromatic rings. The summed E-state index contributed by atoms with van der Waals surface area (Å²) < 4.78 is 27.1. The third-order valence-electron chi connectivity index (χ3n) is 2.52. The Kier molecular flexibility index (Phi) is 6.21. The van der Waals surface area contributed by atoms with Crippen molar-refractivity contribution in [2.75, 3.05) is 32.3 Å². The molecule has 114 valence electrons.